The van der Waals surface area contributed by atoms with E-state index in [2.05, 4.69) is 82.8 Å². The summed E-state index contributed by atoms with van der Waals surface area (Å²) < 4.78 is 11.7. The van der Waals surface area contributed by atoms with E-state index in [0.29, 0.717) is 8.58 Å². The predicted molar refractivity (Wildman–Crippen MR) is 144 cm³/mol. The van der Waals surface area contributed by atoms with Gasteiger partial charge in [0.15, 0.2) is 6.79 Å². The van der Waals surface area contributed by atoms with Crippen molar-refractivity contribution < 1.29 is 9.47 Å². The molecule has 33 heavy (non-hydrogen) atoms. The van der Waals surface area contributed by atoms with E-state index >= 15 is 0 Å². The number of ether oxygens (including phenoxy) is 2. The van der Waals surface area contributed by atoms with Gasteiger partial charge in [-0.1, -0.05) is 91.6 Å². The number of hydrogen-bond acceptors (Lipinski definition) is 3. The second kappa shape index (κ2) is 11.3. The number of aryl methyl sites for hydroxylation is 1. The van der Waals surface area contributed by atoms with E-state index in [1.165, 1.54) is 59.9 Å². The Morgan fingerprint density at radius 1 is 0.970 bits per heavy atom. The molecule has 0 spiro atoms. The van der Waals surface area contributed by atoms with Gasteiger partial charge in [-0.05, 0) is 55.6 Å². The van der Waals surface area contributed by atoms with Gasteiger partial charge in [-0.25, -0.2) is 0 Å². The monoisotopic (exact) mass is 469 g/mol. The molecule has 2 aromatic rings. The number of hydrogen-bond donors (Lipinski definition) is 0. The fourth-order valence-corrected chi connectivity index (χ4v) is 6.39. The van der Waals surface area contributed by atoms with E-state index in [9.17, 15) is 0 Å². The first-order valence-electron chi connectivity index (χ1n) is 12.5. The molecule has 0 saturated carbocycles. The highest BCUT2D eigenvalue weighted by atomic mass is 31.1. The molecule has 1 heterocycles. The third-order valence-electron chi connectivity index (χ3n) is 6.93. The second-order valence-electron chi connectivity index (χ2n) is 10.8. The van der Waals surface area contributed by atoms with E-state index in [1.807, 2.05) is 0 Å². The molecule has 182 valence electrons. The van der Waals surface area contributed by atoms with Crippen LogP contribution < -0.4 is 10.0 Å². The van der Waals surface area contributed by atoms with Crippen molar-refractivity contribution in [3.63, 3.8) is 0 Å². The Bertz CT molecular complexity index is 914. The molecule has 1 fully saturated rings. The maximum atomic E-state index is 6.31. The molecule has 1 aliphatic heterocycles. The van der Waals surface area contributed by atoms with Crippen molar-refractivity contribution in [2.75, 3.05) is 27.0 Å². The molecule has 4 heteroatoms. The summed E-state index contributed by atoms with van der Waals surface area (Å²) in [5, 5.41) is 1.48. The molecule has 3 nitrogen and oxygen atoms in total. The molecular weight excluding hydrogens is 425 g/mol. The molecular formula is C29H44NO2P. The van der Waals surface area contributed by atoms with Crippen molar-refractivity contribution in [1.29, 1.82) is 0 Å². The topological polar surface area (TPSA) is 21.7 Å². The van der Waals surface area contributed by atoms with Crippen molar-refractivity contribution in [3.05, 3.63) is 58.7 Å². The van der Waals surface area contributed by atoms with Gasteiger partial charge in [-0.3, -0.25) is 4.90 Å². The maximum Gasteiger partial charge on any atom is 0.188 e. The van der Waals surface area contributed by atoms with Gasteiger partial charge in [0.05, 0.1) is 0 Å². The Labute approximate surface area is 204 Å². The molecule has 3 rings (SSSR count). The van der Waals surface area contributed by atoms with Crippen LogP contribution in [0.15, 0.2) is 36.4 Å². The molecule has 0 aromatic heterocycles. The molecule has 0 amide bonds. The zero-order valence-corrected chi connectivity index (χ0v) is 22.9. The van der Waals surface area contributed by atoms with Gasteiger partial charge in [-0.15, -0.1) is 0 Å². The quantitative estimate of drug-likeness (QED) is 0.295. The summed E-state index contributed by atoms with van der Waals surface area (Å²) in [4.78, 5) is 2.63. The van der Waals surface area contributed by atoms with Crippen LogP contribution >= 0.6 is 8.58 Å². The van der Waals surface area contributed by atoms with Gasteiger partial charge in [-0.2, -0.15) is 0 Å². The minimum atomic E-state index is -0.00685. The molecule has 0 bridgehead atoms. The van der Waals surface area contributed by atoms with Crippen LogP contribution in [0.4, 0.5) is 0 Å². The van der Waals surface area contributed by atoms with Crippen LogP contribution in [0, 0.1) is 6.92 Å². The fraction of sp³-hybridized carbons (Fsp3) is 0.586. The lowest BCUT2D eigenvalue weighted by Crippen LogP contribution is -2.31. The third-order valence-corrected chi connectivity index (χ3v) is 8.87. The van der Waals surface area contributed by atoms with Crippen LogP contribution in [0.2, 0.25) is 0 Å². The summed E-state index contributed by atoms with van der Waals surface area (Å²) >= 11 is 0. The lowest BCUT2D eigenvalue weighted by molar-refractivity contribution is 0.0487. The summed E-state index contributed by atoms with van der Waals surface area (Å²) in [6.07, 6.45) is 5.09. The first kappa shape index (κ1) is 26.2. The smallest absolute Gasteiger partial charge is 0.188 e. The molecule has 1 saturated heterocycles. The lowest BCUT2D eigenvalue weighted by Gasteiger charge is -2.35. The Balaban J connectivity index is 2.02. The highest BCUT2D eigenvalue weighted by Crippen LogP contribution is 2.50. The van der Waals surface area contributed by atoms with Crippen LogP contribution in [-0.4, -0.2) is 31.9 Å². The average molecular weight is 470 g/mol. The highest BCUT2D eigenvalue weighted by Gasteiger charge is 2.33. The lowest BCUT2D eigenvalue weighted by atomic mass is 9.81. The zero-order chi connectivity index (χ0) is 24.1. The van der Waals surface area contributed by atoms with Gasteiger partial charge in [0.25, 0.3) is 0 Å². The first-order chi connectivity index (χ1) is 15.7. The summed E-state index contributed by atoms with van der Waals surface area (Å²) in [5.74, 6) is 1.01. The summed E-state index contributed by atoms with van der Waals surface area (Å²) in [5.41, 5.74) is 5.36. The average Bonchev–Trinajstić information content (AvgIpc) is 2.79. The van der Waals surface area contributed by atoms with Crippen molar-refractivity contribution >= 4 is 13.9 Å². The SMILES string of the molecule is CCC(C)(Pc1ccccc1CN1CCCCC1)c1cc(C)cc(C(C)(C)C)c1OCOC. The number of rotatable bonds is 9. The molecule has 2 aromatic carbocycles. The molecule has 0 aliphatic carbocycles. The standard InChI is InChI=1S/C29H44NO2P/c1-8-29(6,25-19-22(2)18-24(28(3,4)5)27(25)32-21-31-7)33-26-15-11-10-14-23(26)20-30-16-12-9-13-17-30/h10-11,14-15,18-19,33H,8-9,12-13,16-17,20-21H2,1-7H3. The van der Waals surface area contributed by atoms with Crippen molar-refractivity contribution in [3.8, 4) is 5.75 Å². The largest absolute Gasteiger partial charge is 0.467 e. The number of benzene rings is 2. The Morgan fingerprint density at radius 2 is 1.64 bits per heavy atom. The maximum absolute atomic E-state index is 6.31. The van der Waals surface area contributed by atoms with E-state index in [4.69, 9.17) is 9.47 Å². The van der Waals surface area contributed by atoms with Crippen LogP contribution in [0.25, 0.3) is 0 Å². The van der Waals surface area contributed by atoms with E-state index in [0.717, 1.165) is 18.7 Å². The minimum Gasteiger partial charge on any atom is -0.467 e. The van der Waals surface area contributed by atoms with Crippen LogP contribution in [0.3, 0.4) is 0 Å². The Hall–Kier alpha value is -1.41. The minimum absolute atomic E-state index is 0.00617. The molecule has 2 atom stereocenters. The number of likely N-dealkylation sites (tertiary alicyclic amines) is 1. The van der Waals surface area contributed by atoms with Gasteiger partial charge >= 0.3 is 0 Å². The van der Waals surface area contributed by atoms with Crippen molar-refractivity contribution in [2.45, 2.75) is 84.3 Å². The van der Waals surface area contributed by atoms with E-state index < -0.39 is 0 Å². The highest BCUT2D eigenvalue weighted by molar-refractivity contribution is 7.48. The van der Waals surface area contributed by atoms with Crippen LogP contribution in [0.5, 0.6) is 5.75 Å². The second-order valence-corrected chi connectivity index (χ2v) is 12.7. The summed E-state index contributed by atoms with van der Waals surface area (Å²) in [7, 11) is 2.37. The zero-order valence-electron chi connectivity index (χ0n) is 21.9. The van der Waals surface area contributed by atoms with Crippen LogP contribution in [-0.2, 0) is 21.9 Å². The Morgan fingerprint density at radius 3 is 2.27 bits per heavy atom. The van der Waals surface area contributed by atoms with Crippen molar-refractivity contribution in [2.24, 2.45) is 0 Å². The van der Waals surface area contributed by atoms with Crippen LogP contribution in [0.1, 0.15) is 82.6 Å². The summed E-state index contributed by atoms with van der Waals surface area (Å²) in [6, 6.07) is 13.7. The molecule has 0 N–H and O–H groups in total. The van der Waals surface area contributed by atoms with E-state index in [1.54, 1.807) is 7.11 Å². The van der Waals surface area contributed by atoms with Crippen molar-refractivity contribution in [1.82, 2.24) is 4.90 Å². The Kier molecular flexibility index (Phi) is 9.01. The van der Waals surface area contributed by atoms with E-state index in [-0.39, 0.29) is 17.4 Å². The molecule has 1 aliphatic rings. The number of methoxy groups -OCH3 is 1. The first-order valence-corrected chi connectivity index (χ1v) is 13.5. The van der Waals surface area contributed by atoms with Gasteiger partial charge < -0.3 is 9.47 Å². The number of nitrogens with zero attached hydrogens (tertiary/aromatic N) is 1. The number of piperidine rings is 1. The fourth-order valence-electron chi connectivity index (χ4n) is 4.80. The predicted octanol–water partition coefficient (Wildman–Crippen LogP) is 6.89. The molecule has 2 unspecified atom stereocenters. The normalized spacial score (nSPS) is 17.4. The van der Waals surface area contributed by atoms with Gasteiger partial charge in [0.1, 0.15) is 5.75 Å². The van der Waals surface area contributed by atoms with Gasteiger partial charge in [0.2, 0.25) is 0 Å². The summed E-state index contributed by atoms with van der Waals surface area (Å²) in [6.45, 7) is 17.5. The van der Waals surface area contributed by atoms with Gasteiger partial charge in [0, 0.05) is 29.9 Å². The third kappa shape index (κ3) is 6.59. The molecule has 0 radical (unpaired) electrons.